The first kappa shape index (κ1) is 28.6. The molecular formula is C25H31F3N4O4S. The lowest BCUT2D eigenvalue weighted by atomic mass is 9.88. The molecule has 3 amide bonds. The molecule has 37 heavy (non-hydrogen) atoms. The summed E-state index contributed by atoms with van der Waals surface area (Å²) in [6.45, 7) is 0.463. The molecule has 0 spiro atoms. The van der Waals surface area contributed by atoms with Gasteiger partial charge >= 0.3 is 6.18 Å². The number of methoxy groups -OCH3 is 1. The number of ether oxygens (including phenoxy) is 1. The van der Waals surface area contributed by atoms with Crippen molar-refractivity contribution >= 4 is 34.2 Å². The van der Waals surface area contributed by atoms with Gasteiger partial charge in [0.25, 0.3) is 0 Å². The minimum Gasteiger partial charge on any atom is -0.383 e. The highest BCUT2D eigenvalue weighted by Gasteiger charge is 2.30. The summed E-state index contributed by atoms with van der Waals surface area (Å²) in [6.07, 6.45) is 0.256. The van der Waals surface area contributed by atoms with Crippen LogP contribution in [0.15, 0.2) is 29.6 Å². The molecule has 12 heteroatoms. The maximum Gasteiger partial charge on any atom is 0.416 e. The number of nitrogens with one attached hydrogen (secondary N) is 2. The summed E-state index contributed by atoms with van der Waals surface area (Å²) in [7, 11) is 1.54. The summed E-state index contributed by atoms with van der Waals surface area (Å²) < 4.78 is 43.6. The fourth-order valence-corrected chi connectivity index (χ4v) is 4.87. The normalized spacial score (nSPS) is 14.3. The zero-order valence-corrected chi connectivity index (χ0v) is 21.4. The van der Waals surface area contributed by atoms with Crippen LogP contribution in [0.3, 0.4) is 0 Å². The van der Waals surface area contributed by atoms with Crippen LogP contribution < -0.4 is 10.6 Å². The summed E-state index contributed by atoms with van der Waals surface area (Å²) >= 11 is 1.14. The van der Waals surface area contributed by atoms with E-state index < -0.39 is 23.6 Å². The Morgan fingerprint density at radius 3 is 2.62 bits per heavy atom. The Bertz CT molecular complexity index is 1070. The number of benzene rings is 1. The van der Waals surface area contributed by atoms with Crippen LogP contribution in [0.1, 0.15) is 48.9 Å². The third-order valence-corrected chi connectivity index (χ3v) is 6.86. The first-order chi connectivity index (χ1) is 17.7. The number of nitrogens with zero attached hydrogens (tertiary/aromatic N) is 2. The Balaban J connectivity index is 1.49. The minimum absolute atomic E-state index is 0.0378. The number of anilines is 1. The second-order valence-electron chi connectivity index (χ2n) is 8.93. The smallest absolute Gasteiger partial charge is 0.383 e. The summed E-state index contributed by atoms with van der Waals surface area (Å²) in [5, 5.41) is 7.17. The lowest BCUT2D eigenvalue weighted by Crippen LogP contribution is -2.43. The van der Waals surface area contributed by atoms with Crippen molar-refractivity contribution in [3.8, 4) is 0 Å². The average Bonchev–Trinajstić information content (AvgIpc) is 3.31. The van der Waals surface area contributed by atoms with Crippen molar-refractivity contribution in [2.24, 2.45) is 5.92 Å². The second-order valence-corrected chi connectivity index (χ2v) is 9.79. The highest BCUT2D eigenvalue weighted by atomic mass is 32.1. The summed E-state index contributed by atoms with van der Waals surface area (Å²) in [5.41, 5.74) is -0.0353. The molecule has 202 valence electrons. The Hall–Kier alpha value is -2.99. The van der Waals surface area contributed by atoms with Gasteiger partial charge in [-0.2, -0.15) is 13.2 Å². The molecule has 1 heterocycles. The van der Waals surface area contributed by atoms with Crippen molar-refractivity contribution in [1.82, 2.24) is 15.2 Å². The number of hydrogen-bond donors (Lipinski definition) is 2. The largest absolute Gasteiger partial charge is 0.416 e. The molecule has 2 aromatic rings. The van der Waals surface area contributed by atoms with Crippen molar-refractivity contribution in [1.29, 1.82) is 0 Å². The minimum atomic E-state index is -4.45. The molecule has 1 aliphatic carbocycles. The Morgan fingerprint density at radius 2 is 1.92 bits per heavy atom. The second kappa shape index (κ2) is 13.5. The third kappa shape index (κ3) is 9.12. The van der Waals surface area contributed by atoms with Crippen molar-refractivity contribution in [3.05, 3.63) is 46.5 Å². The highest BCUT2D eigenvalue weighted by molar-refractivity contribution is 7.13. The highest BCUT2D eigenvalue weighted by Crippen LogP contribution is 2.29. The molecule has 1 fully saturated rings. The average molecular weight is 541 g/mol. The van der Waals surface area contributed by atoms with Crippen LogP contribution in [0, 0.1) is 5.92 Å². The topological polar surface area (TPSA) is 101 Å². The van der Waals surface area contributed by atoms with Gasteiger partial charge in [0.2, 0.25) is 17.7 Å². The number of halogens is 3. The molecule has 8 nitrogen and oxygen atoms in total. The lowest BCUT2D eigenvalue weighted by molar-refractivity contribution is -0.140. The van der Waals surface area contributed by atoms with E-state index in [0.717, 1.165) is 55.6 Å². The fourth-order valence-electron chi connectivity index (χ4n) is 4.14. The fraction of sp³-hybridized carbons (Fsp3) is 0.520. The zero-order valence-electron chi connectivity index (χ0n) is 20.6. The number of thiazole rings is 1. The van der Waals surface area contributed by atoms with Gasteiger partial charge in [0.05, 0.1) is 24.3 Å². The number of rotatable bonds is 11. The number of carbonyl (C=O) groups excluding carboxylic acids is 3. The quantitative estimate of drug-likeness (QED) is 0.449. The van der Waals surface area contributed by atoms with Gasteiger partial charge in [-0.3, -0.25) is 14.4 Å². The monoisotopic (exact) mass is 540 g/mol. The van der Waals surface area contributed by atoms with Gasteiger partial charge in [0, 0.05) is 31.5 Å². The first-order valence-corrected chi connectivity index (χ1v) is 13.0. The molecule has 3 rings (SSSR count). The van der Waals surface area contributed by atoms with Crippen LogP contribution in [-0.4, -0.2) is 54.4 Å². The molecule has 1 aliphatic rings. The van der Waals surface area contributed by atoms with Crippen molar-refractivity contribution in [3.63, 3.8) is 0 Å². The van der Waals surface area contributed by atoms with Crippen LogP contribution in [0.4, 0.5) is 18.3 Å². The van der Waals surface area contributed by atoms with Crippen LogP contribution >= 0.6 is 11.3 Å². The van der Waals surface area contributed by atoms with Gasteiger partial charge in [-0.25, -0.2) is 4.98 Å². The van der Waals surface area contributed by atoms with E-state index in [-0.39, 0.29) is 31.3 Å². The van der Waals surface area contributed by atoms with Gasteiger partial charge < -0.3 is 20.3 Å². The van der Waals surface area contributed by atoms with Gasteiger partial charge in [0.1, 0.15) is 6.54 Å². The van der Waals surface area contributed by atoms with Gasteiger partial charge in [-0.05, 0) is 30.5 Å². The molecule has 0 atom stereocenters. The lowest BCUT2D eigenvalue weighted by Gasteiger charge is -2.28. The van der Waals surface area contributed by atoms with Crippen LogP contribution in [0.2, 0.25) is 0 Å². The number of amides is 3. The SMILES string of the molecule is COCCN(CC(=O)Nc1nc(CC(=O)NCc2cccc(C(F)(F)F)c2)cs1)C(=O)C1CCCCC1. The molecule has 0 aliphatic heterocycles. The van der Waals surface area contributed by atoms with Gasteiger partial charge in [-0.15, -0.1) is 11.3 Å². The van der Waals surface area contributed by atoms with E-state index in [1.165, 1.54) is 24.1 Å². The van der Waals surface area contributed by atoms with Gasteiger partial charge in [0.15, 0.2) is 5.13 Å². The zero-order chi connectivity index (χ0) is 26.8. The summed E-state index contributed by atoms with van der Waals surface area (Å²) in [6, 6.07) is 4.75. The van der Waals surface area contributed by atoms with E-state index in [9.17, 15) is 27.6 Å². The van der Waals surface area contributed by atoms with Crippen LogP contribution in [0.5, 0.6) is 0 Å². The molecule has 0 saturated heterocycles. The summed E-state index contributed by atoms with van der Waals surface area (Å²) in [5.74, 6) is -0.914. The first-order valence-electron chi connectivity index (χ1n) is 12.1. The van der Waals surface area contributed by atoms with E-state index in [4.69, 9.17) is 4.74 Å². The molecule has 2 N–H and O–H groups in total. The number of hydrogen-bond acceptors (Lipinski definition) is 6. The van der Waals surface area contributed by atoms with Crippen LogP contribution in [-0.2, 0) is 38.3 Å². The third-order valence-electron chi connectivity index (χ3n) is 6.05. The van der Waals surface area contributed by atoms with Crippen LogP contribution in [0.25, 0.3) is 0 Å². The standard InChI is InChI=1S/C25H31F3N4O4S/c1-36-11-10-32(23(35)18-7-3-2-4-8-18)15-22(34)31-24-30-20(16-37-24)13-21(33)29-14-17-6-5-9-19(12-17)25(26,27)28/h5-6,9,12,16,18H,2-4,7-8,10-11,13-15H2,1H3,(H,29,33)(H,30,31,34). The van der Waals surface area contributed by atoms with E-state index in [2.05, 4.69) is 15.6 Å². The van der Waals surface area contributed by atoms with Crippen molar-refractivity contribution in [2.75, 3.05) is 32.1 Å². The van der Waals surface area contributed by atoms with Gasteiger partial charge in [-0.1, -0.05) is 31.4 Å². The Morgan fingerprint density at radius 1 is 1.16 bits per heavy atom. The predicted octanol–water partition coefficient (Wildman–Crippen LogP) is 4.01. The molecule has 1 saturated carbocycles. The van der Waals surface area contributed by atoms with E-state index >= 15 is 0 Å². The molecule has 0 radical (unpaired) electrons. The molecular weight excluding hydrogens is 509 g/mol. The van der Waals surface area contributed by atoms with Crippen molar-refractivity contribution < 1.29 is 32.3 Å². The number of carbonyl (C=O) groups is 3. The molecule has 1 aromatic heterocycles. The Kier molecular flexibility index (Phi) is 10.4. The van der Waals surface area contributed by atoms with E-state index in [1.54, 1.807) is 5.38 Å². The maximum atomic E-state index is 12.9. The predicted molar refractivity (Wildman–Crippen MR) is 133 cm³/mol. The molecule has 0 unspecified atom stereocenters. The summed E-state index contributed by atoms with van der Waals surface area (Å²) in [4.78, 5) is 43.6. The van der Waals surface area contributed by atoms with E-state index in [1.807, 2.05) is 0 Å². The number of alkyl halides is 3. The Labute approximate surface area is 217 Å². The van der Waals surface area contributed by atoms with Crippen molar-refractivity contribution in [2.45, 2.75) is 51.2 Å². The number of aromatic nitrogens is 1. The maximum absolute atomic E-state index is 12.9. The molecule has 0 bridgehead atoms. The van der Waals surface area contributed by atoms with E-state index in [0.29, 0.717) is 29.5 Å². The molecule has 1 aromatic carbocycles.